The highest BCUT2D eigenvalue weighted by Crippen LogP contribution is 2.13. The molecule has 0 atom stereocenters. The van der Waals surface area contributed by atoms with Crippen LogP contribution >= 0.6 is 0 Å². The third kappa shape index (κ3) is 4.61. The molecule has 0 saturated carbocycles. The van der Waals surface area contributed by atoms with Crippen LogP contribution in [0.2, 0.25) is 0 Å². The molecule has 0 fully saturated rings. The first-order valence-electron chi connectivity index (χ1n) is 7.52. The number of carbonyl (C=O) groups excluding carboxylic acids is 3. The van der Waals surface area contributed by atoms with Crippen molar-refractivity contribution in [3.05, 3.63) is 65.2 Å². The van der Waals surface area contributed by atoms with Gasteiger partial charge in [-0.1, -0.05) is 31.2 Å². The van der Waals surface area contributed by atoms with Crippen molar-refractivity contribution >= 4 is 23.2 Å². The number of ketones is 2. The number of hydrogen-bond acceptors (Lipinski definition) is 3. The molecule has 0 spiro atoms. The zero-order valence-corrected chi connectivity index (χ0v) is 13.3. The van der Waals surface area contributed by atoms with Gasteiger partial charge in [-0.15, -0.1) is 0 Å². The van der Waals surface area contributed by atoms with Crippen molar-refractivity contribution in [3.63, 3.8) is 0 Å². The zero-order chi connectivity index (χ0) is 16.8. The molecular formula is C19H19NO3. The quantitative estimate of drug-likeness (QED) is 0.828. The smallest absolute Gasteiger partial charge is 0.255 e. The molecule has 1 amide bonds. The van der Waals surface area contributed by atoms with E-state index in [1.165, 1.54) is 0 Å². The summed E-state index contributed by atoms with van der Waals surface area (Å²) in [4.78, 5) is 34.8. The Kier molecular flexibility index (Phi) is 5.41. The van der Waals surface area contributed by atoms with E-state index in [1.54, 1.807) is 50.2 Å². The van der Waals surface area contributed by atoms with Crippen LogP contribution in [-0.2, 0) is 11.2 Å². The van der Waals surface area contributed by atoms with Crippen LogP contribution in [0.25, 0.3) is 0 Å². The number of carbonyl (C=O) groups is 3. The molecule has 0 bridgehead atoms. The molecule has 0 radical (unpaired) electrons. The topological polar surface area (TPSA) is 63.2 Å². The van der Waals surface area contributed by atoms with Gasteiger partial charge in [-0.25, -0.2) is 0 Å². The van der Waals surface area contributed by atoms with Crippen molar-refractivity contribution in [2.75, 3.05) is 5.32 Å². The molecular weight excluding hydrogens is 290 g/mol. The second-order valence-corrected chi connectivity index (χ2v) is 5.38. The third-order valence-corrected chi connectivity index (χ3v) is 3.46. The minimum Gasteiger partial charge on any atom is -0.322 e. The highest BCUT2D eigenvalue weighted by Gasteiger charge is 2.08. The molecule has 4 heteroatoms. The molecule has 1 N–H and O–H groups in total. The molecule has 4 nitrogen and oxygen atoms in total. The molecule has 0 heterocycles. The minimum absolute atomic E-state index is 0.0537. The van der Waals surface area contributed by atoms with Crippen LogP contribution in [0.15, 0.2) is 48.5 Å². The van der Waals surface area contributed by atoms with Crippen LogP contribution < -0.4 is 5.32 Å². The van der Waals surface area contributed by atoms with Gasteiger partial charge in [0.25, 0.3) is 5.91 Å². The van der Waals surface area contributed by atoms with E-state index in [9.17, 15) is 14.4 Å². The number of Topliss-reactive ketones (excluding diaryl/α,β-unsaturated/α-hetero) is 2. The maximum atomic E-state index is 12.2. The number of hydrogen-bond donors (Lipinski definition) is 1. The number of amides is 1. The SMILES string of the molecule is CCC(=O)c1ccc(C(=O)Nc2ccc(CC(C)=O)cc2)cc1. The fourth-order valence-electron chi connectivity index (χ4n) is 2.21. The monoisotopic (exact) mass is 309 g/mol. The fourth-order valence-corrected chi connectivity index (χ4v) is 2.21. The summed E-state index contributed by atoms with van der Waals surface area (Å²) >= 11 is 0. The Morgan fingerprint density at radius 1 is 0.870 bits per heavy atom. The Morgan fingerprint density at radius 2 is 1.43 bits per heavy atom. The van der Waals surface area contributed by atoms with Crippen LogP contribution in [0, 0.1) is 0 Å². The zero-order valence-electron chi connectivity index (χ0n) is 13.3. The Balaban J connectivity index is 2.03. The van der Waals surface area contributed by atoms with E-state index in [1.807, 2.05) is 12.1 Å². The summed E-state index contributed by atoms with van der Waals surface area (Å²) in [5.41, 5.74) is 2.68. The Bertz CT molecular complexity index is 715. The summed E-state index contributed by atoms with van der Waals surface area (Å²) in [7, 11) is 0. The van der Waals surface area contributed by atoms with E-state index < -0.39 is 0 Å². The van der Waals surface area contributed by atoms with Crippen molar-refractivity contribution in [2.24, 2.45) is 0 Å². The Hall–Kier alpha value is -2.75. The third-order valence-electron chi connectivity index (χ3n) is 3.46. The van der Waals surface area contributed by atoms with Gasteiger partial charge < -0.3 is 5.32 Å². The van der Waals surface area contributed by atoms with Gasteiger partial charge in [-0.3, -0.25) is 14.4 Å². The second-order valence-electron chi connectivity index (χ2n) is 5.38. The lowest BCUT2D eigenvalue weighted by Crippen LogP contribution is -2.12. The molecule has 2 aromatic rings. The van der Waals surface area contributed by atoms with Crippen molar-refractivity contribution < 1.29 is 14.4 Å². The Morgan fingerprint density at radius 3 is 1.96 bits per heavy atom. The van der Waals surface area contributed by atoms with Gasteiger partial charge in [-0.2, -0.15) is 0 Å². The van der Waals surface area contributed by atoms with E-state index in [0.29, 0.717) is 29.7 Å². The highest BCUT2D eigenvalue weighted by molar-refractivity contribution is 6.05. The maximum Gasteiger partial charge on any atom is 0.255 e. The van der Waals surface area contributed by atoms with Gasteiger partial charge in [0.15, 0.2) is 5.78 Å². The highest BCUT2D eigenvalue weighted by atomic mass is 16.1. The molecule has 0 saturated heterocycles. The van der Waals surface area contributed by atoms with Crippen LogP contribution in [0.5, 0.6) is 0 Å². The Labute approximate surface area is 135 Å². The number of nitrogens with one attached hydrogen (secondary N) is 1. The van der Waals surface area contributed by atoms with Gasteiger partial charge in [0, 0.05) is 29.7 Å². The van der Waals surface area contributed by atoms with E-state index in [0.717, 1.165) is 5.56 Å². The van der Waals surface area contributed by atoms with E-state index >= 15 is 0 Å². The van der Waals surface area contributed by atoms with E-state index in [-0.39, 0.29) is 17.5 Å². The number of rotatable bonds is 6. The van der Waals surface area contributed by atoms with E-state index in [2.05, 4.69) is 5.32 Å². The lowest BCUT2D eigenvalue weighted by atomic mass is 10.1. The summed E-state index contributed by atoms with van der Waals surface area (Å²) in [6, 6.07) is 13.8. The van der Waals surface area contributed by atoms with Gasteiger partial charge in [0.2, 0.25) is 0 Å². The van der Waals surface area contributed by atoms with Crippen LogP contribution in [-0.4, -0.2) is 17.5 Å². The lowest BCUT2D eigenvalue weighted by Gasteiger charge is -2.07. The molecule has 23 heavy (non-hydrogen) atoms. The van der Waals surface area contributed by atoms with Crippen molar-refractivity contribution in [1.29, 1.82) is 0 Å². The van der Waals surface area contributed by atoms with Gasteiger partial charge in [0.05, 0.1) is 0 Å². The van der Waals surface area contributed by atoms with Gasteiger partial charge in [0.1, 0.15) is 5.78 Å². The largest absolute Gasteiger partial charge is 0.322 e. The summed E-state index contributed by atoms with van der Waals surface area (Å²) in [6.07, 6.45) is 0.833. The maximum absolute atomic E-state index is 12.2. The number of benzene rings is 2. The lowest BCUT2D eigenvalue weighted by molar-refractivity contribution is -0.116. The minimum atomic E-state index is -0.236. The average Bonchev–Trinajstić information content (AvgIpc) is 2.55. The fraction of sp³-hybridized carbons (Fsp3) is 0.211. The van der Waals surface area contributed by atoms with Gasteiger partial charge in [-0.05, 0) is 36.8 Å². The van der Waals surface area contributed by atoms with Crippen molar-refractivity contribution in [3.8, 4) is 0 Å². The second kappa shape index (κ2) is 7.49. The summed E-state index contributed by atoms with van der Waals surface area (Å²) in [5.74, 6) is -0.0821. The predicted octanol–water partition coefficient (Wildman–Crippen LogP) is 3.66. The molecule has 2 rings (SSSR count). The number of anilines is 1. The van der Waals surface area contributed by atoms with E-state index in [4.69, 9.17) is 0 Å². The molecule has 2 aromatic carbocycles. The molecule has 0 aromatic heterocycles. The summed E-state index contributed by atoms with van der Waals surface area (Å²) < 4.78 is 0. The molecule has 0 aliphatic carbocycles. The normalized spacial score (nSPS) is 10.2. The summed E-state index contributed by atoms with van der Waals surface area (Å²) in [6.45, 7) is 3.35. The predicted molar refractivity (Wildman–Crippen MR) is 89.8 cm³/mol. The van der Waals surface area contributed by atoms with Crippen LogP contribution in [0.4, 0.5) is 5.69 Å². The van der Waals surface area contributed by atoms with Crippen LogP contribution in [0.3, 0.4) is 0 Å². The summed E-state index contributed by atoms with van der Waals surface area (Å²) in [5, 5.41) is 2.79. The molecule has 118 valence electrons. The van der Waals surface area contributed by atoms with Crippen LogP contribution in [0.1, 0.15) is 46.5 Å². The molecule has 0 aliphatic heterocycles. The first-order valence-corrected chi connectivity index (χ1v) is 7.52. The standard InChI is InChI=1S/C19H19NO3/c1-3-18(22)15-6-8-16(9-7-15)19(23)20-17-10-4-14(5-11-17)12-13(2)21/h4-11H,3,12H2,1-2H3,(H,20,23). The van der Waals surface area contributed by atoms with Gasteiger partial charge >= 0.3 is 0 Å². The first kappa shape index (κ1) is 16.6. The van der Waals surface area contributed by atoms with Crippen molar-refractivity contribution in [2.45, 2.75) is 26.7 Å². The first-order chi connectivity index (χ1) is 11.0. The molecule has 0 unspecified atom stereocenters. The van der Waals surface area contributed by atoms with Crippen molar-refractivity contribution in [1.82, 2.24) is 0 Å². The average molecular weight is 309 g/mol. The molecule has 0 aliphatic rings.